The van der Waals surface area contributed by atoms with E-state index in [4.69, 9.17) is 9.47 Å². The van der Waals surface area contributed by atoms with Crippen molar-refractivity contribution < 1.29 is 14.3 Å². The molecule has 0 spiro atoms. The van der Waals surface area contributed by atoms with Gasteiger partial charge in [-0.15, -0.1) is 0 Å². The number of hydrogen-bond acceptors (Lipinski definition) is 5. The SMILES string of the molecule is COC(=O)C(C)(CN1CC(C)(C)OC(C)(C)C1)NC(C)C. The van der Waals surface area contributed by atoms with E-state index < -0.39 is 5.54 Å². The molecule has 124 valence electrons. The summed E-state index contributed by atoms with van der Waals surface area (Å²) in [4.78, 5) is 14.5. The standard InChI is InChI=1S/C16H32N2O3/c1-12(2)17-16(7,13(19)20-8)11-18-9-14(3,4)21-15(5,6)10-18/h12,17H,9-11H2,1-8H3. The molecule has 21 heavy (non-hydrogen) atoms. The van der Waals surface area contributed by atoms with Crippen LogP contribution < -0.4 is 5.32 Å². The highest BCUT2D eigenvalue weighted by Crippen LogP contribution is 2.29. The largest absolute Gasteiger partial charge is 0.468 e. The lowest BCUT2D eigenvalue weighted by molar-refractivity contribution is -0.185. The molecule has 1 rings (SSSR count). The third kappa shape index (κ3) is 5.24. The lowest BCUT2D eigenvalue weighted by Crippen LogP contribution is -2.64. The number of nitrogens with zero attached hydrogens (tertiary/aromatic N) is 1. The zero-order valence-corrected chi connectivity index (χ0v) is 14.9. The Balaban J connectivity index is 2.90. The molecule has 1 aliphatic heterocycles. The molecule has 5 nitrogen and oxygen atoms in total. The highest BCUT2D eigenvalue weighted by atomic mass is 16.5. The highest BCUT2D eigenvalue weighted by molar-refractivity contribution is 5.80. The summed E-state index contributed by atoms with van der Waals surface area (Å²) in [6.45, 7) is 16.5. The number of carbonyl (C=O) groups excluding carboxylic acids is 1. The van der Waals surface area contributed by atoms with Gasteiger partial charge in [-0.05, 0) is 48.5 Å². The minimum atomic E-state index is -0.716. The molecule has 1 N–H and O–H groups in total. The first-order valence-corrected chi connectivity index (χ1v) is 7.68. The first kappa shape index (κ1) is 18.4. The lowest BCUT2D eigenvalue weighted by Gasteiger charge is -2.49. The molecule has 0 aliphatic carbocycles. The van der Waals surface area contributed by atoms with Gasteiger partial charge >= 0.3 is 5.97 Å². The zero-order chi connectivity index (χ0) is 16.5. The lowest BCUT2D eigenvalue weighted by atomic mass is 9.94. The van der Waals surface area contributed by atoms with Gasteiger partial charge in [-0.3, -0.25) is 15.0 Å². The molecule has 0 aromatic heterocycles. The van der Waals surface area contributed by atoms with Crippen molar-refractivity contribution in [1.29, 1.82) is 0 Å². The smallest absolute Gasteiger partial charge is 0.327 e. The number of hydrogen-bond donors (Lipinski definition) is 1. The third-order valence-electron chi connectivity index (χ3n) is 3.54. The van der Waals surface area contributed by atoms with E-state index in [-0.39, 0.29) is 23.2 Å². The van der Waals surface area contributed by atoms with E-state index in [1.54, 1.807) is 0 Å². The molecule has 0 bridgehead atoms. The van der Waals surface area contributed by atoms with E-state index in [1.807, 2.05) is 20.8 Å². The third-order valence-corrected chi connectivity index (χ3v) is 3.54. The topological polar surface area (TPSA) is 50.8 Å². The number of methoxy groups -OCH3 is 1. The maximum Gasteiger partial charge on any atom is 0.327 e. The first-order chi connectivity index (χ1) is 9.39. The number of esters is 1. The normalized spacial score (nSPS) is 24.6. The van der Waals surface area contributed by atoms with Crippen molar-refractivity contribution in [3.63, 3.8) is 0 Å². The van der Waals surface area contributed by atoms with Crippen molar-refractivity contribution >= 4 is 5.97 Å². The molecular formula is C16H32N2O3. The van der Waals surface area contributed by atoms with Crippen LogP contribution in [0, 0.1) is 0 Å². The molecule has 0 radical (unpaired) electrons. The summed E-state index contributed by atoms with van der Waals surface area (Å²) in [5.41, 5.74) is -1.17. The Kier molecular flexibility index (Phi) is 5.45. The summed E-state index contributed by atoms with van der Waals surface area (Å²) >= 11 is 0. The summed E-state index contributed by atoms with van der Waals surface area (Å²) in [6, 6.07) is 0.205. The van der Waals surface area contributed by atoms with Gasteiger partial charge in [-0.2, -0.15) is 0 Å². The minimum Gasteiger partial charge on any atom is -0.468 e. The van der Waals surface area contributed by atoms with E-state index in [9.17, 15) is 4.79 Å². The summed E-state index contributed by atoms with van der Waals surface area (Å²) in [5.74, 6) is -0.224. The second-order valence-electron chi connectivity index (χ2n) is 7.89. The van der Waals surface area contributed by atoms with E-state index in [0.29, 0.717) is 6.54 Å². The van der Waals surface area contributed by atoms with Gasteiger partial charge < -0.3 is 9.47 Å². The molecule has 0 aromatic rings. The quantitative estimate of drug-likeness (QED) is 0.785. The predicted molar refractivity (Wildman–Crippen MR) is 84.4 cm³/mol. The van der Waals surface area contributed by atoms with Crippen LogP contribution in [0.15, 0.2) is 0 Å². The molecule has 5 heteroatoms. The van der Waals surface area contributed by atoms with Crippen LogP contribution >= 0.6 is 0 Å². The van der Waals surface area contributed by atoms with E-state index in [0.717, 1.165) is 13.1 Å². The molecule has 1 unspecified atom stereocenters. The number of carbonyl (C=O) groups is 1. The maximum absolute atomic E-state index is 12.2. The average molecular weight is 300 g/mol. The van der Waals surface area contributed by atoms with Crippen molar-refractivity contribution in [2.24, 2.45) is 0 Å². The van der Waals surface area contributed by atoms with Crippen LogP contribution in [0.5, 0.6) is 0 Å². The average Bonchev–Trinajstić information content (AvgIpc) is 2.21. The van der Waals surface area contributed by atoms with Gasteiger partial charge in [0.2, 0.25) is 0 Å². The summed E-state index contributed by atoms with van der Waals surface area (Å²) in [7, 11) is 1.44. The Labute approximate surface area is 129 Å². The minimum absolute atomic E-state index is 0.205. The van der Waals surface area contributed by atoms with Gasteiger partial charge in [0.1, 0.15) is 5.54 Å². The van der Waals surface area contributed by atoms with Crippen LogP contribution in [0.1, 0.15) is 48.5 Å². The number of morpholine rings is 1. The number of nitrogens with one attached hydrogen (secondary N) is 1. The van der Waals surface area contributed by atoms with Crippen molar-refractivity contribution in [2.45, 2.75) is 71.2 Å². The van der Waals surface area contributed by atoms with E-state index >= 15 is 0 Å². The fourth-order valence-corrected chi connectivity index (χ4v) is 3.54. The molecule has 0 aromatic carbocycles. The van der Waals surface area contributed by atoms with Gasteiger partial charge in [0.15, 0.2) is 0 Å². The van der Waals surface area contributed by atoms with Crippen LogP contribution in [0.4, 0.5) is 0 Å². The Morgan fingerprint density at radius 3 is 2.14 bits per heavy atom. The van der Waals surface area contributed by atoms with Gasteiger partial charge in [0, 0.05) is 25.7 Å². The second-order valence-corrected chi connectivity index (χ2v) is 7.89. The van der Waals surface area contributed by atoms with Crippen molar-refractivity contribution in [1.82, 2.24) is 10.2 Å². The first-order valence-electron chi connectivity index (χ1n) is 7.68. The van der Waals surface area contributed by atoms with Crippen LogP contribution in [0.25, 0.3) is 0 Å². The Bertz CT molecular complexity index is 364. The molecule has 1 atom stereocenters. The van der Waals surface area contributed by atoms with E-state index in [2.05, 4.69) is 37.9 Å². The fraction of sp³-hybridized carbons (Fsp3) is 0.938. The molecule has 0 saturated carbocycles. The number of rotatable bonds is 5. The molecular weight excluding hydrogens is 268 g/mol. The molecule has 0 amide bonds. The Morgan fingerprint density at radius 2 is 1.76 bits per heavy atom. The van der Waals surface area contributed by atoms with Gasteiger partial charge in [-0.1, -0.05) is 0 Å². The molecule has 1 fully saturated rings. The summed E-state index contributed by atoms with van der Waals surface area (Å²) in [6.07, 6.45) is 0. The monoisotopic (exact) mass is 300 g/mol. The predicted octanol–water partition coefficient (Wildman–Crippen LogP) is 1.81. The molecule has 1 saturated heterocycles. The van der Waals surface area contributed by atoms with Gasteiger partial charge in [0.25, 0.3) is 0 Å². The molecule has 1 aliphatic rings. The summed E-state index contributed by atoms with van der Waals surface area (Å²) in [5, 5.41) is 3.35. The van der Waals surface area contributed by atoms with Crippen LogP contribution in [-0.4, -0.2) is 60.4 Å². The van der Waals surface area contributed by atoms with E-state index in [1.165, 1.54) is 7.11 Å². The van der Waals surface area contributed by atoms with Gasteiger partial charge in [0.05, 0.1) is 18.3 Å². The number of ether oxygens (including phenoxy) is 2. The zero-order valence-electron chi connectivity index (χ0n) is 14.9. The summed E-state index contributed by atoms with van der Waals surface area (Å²) < 4.78 is 11.1. The Morgan fingerprint density at radius 1 is 1.29 bits per heavy atom. The van der Waals surface area contributed by atoms with Gasteiger partial charge in [-0.25, -0.2) is 0 Å². The second kappa shape index (κ2) is 6.23. The highest BCUT2D eigenvalue weighted by Gasteiger charge is 2.43. The van der Waals surface area contributed by atoms with Crippen LogP contribution in [0.2, 0.25) is 0 Å². The van der Waals surface area contributed by atoms with Crippen molar-refractivity contribution in [3.05, 3.63) is 0 Å². The maximum atomic E-state index is 12.2. The van der Waals surface area contributed by atoms with Crippen LogP contribution in [-0.2, 0) is 14.3 Å². The Hall–Kier alpha value is -0.650. The molecule has 1 heterocycles. The van der Waals surface area contributed by atoms with Crippen LogP contribution in [0.3, 0.4) is 0 Å². The van der Waals surface area contributed by atoms with Crippen molar-refractivity contribution in [3.8, 4) is 0 Å². The van der Waals surface area contributed by atoms with Crippen molar-refractivity contribution in [2.75, 3.05) is 26.7 Å². The fourth-order valence-electron chi connectivity index (χ4n) is 3.54.